The minimum Gasteiger partial charge on any atom is -0.480 e. The third-order valence-electron chi connectivity index (χ3n) is 2.35. The molecule has 0 spiro atoms. The van der Waals surface area contributed by atoms with E-state index in [1.807, 2.05) is 0 Å². The van der Waals surface area contributed by atoms with Gasteiger partial charge in [-0.15, -0.1) is 0 Å². The van der Waals surface area contributed by atoms with Crippen LogP contribution in [0.25, 0.3) is 0 Å². The van der Waals surface area contributed by atoms with Gasteiger partial charge in [0, 0.05) is 0 Å². The van der Waals surface area contributed by atoms with E-state index >= 15 is 0 Å². The third-order valence-corrected chi connectivity index (χ3v) is 2.35. The molecule has 1 aliphatic rings. The van der Waals surface area contributed by atoms with Crippen molar-refractivity contribution in [2.45, 2.75) is 25.8 Å². The first-order valence-corrected chi connectivity index (χ1v) is 4.26. The molecule has 14 heavy (non-hydrogen) atoms. The lowest BCUT2D eigenvalue weighted by molar-refractivity contribution is -0.142. The Morgan fingerprint density at radius 1 is 1.57 bits per heavy atom. The Morgan fingerprint density at radius 3 is 2.50 bits per heavy atom. The summed E-state index contributed by atoms with van der Waals surface area (Å²) in [6.45, 7) is 2.75. The summed E-state index contributed by atoms with van der Waals surface area (Å²) in [6, 6.07) is -0.637. The highest BCUT2D eigenvalue weighted by atomic mass is 16.4. The number of urea groups is 1. The zero-order valence-electron chi connectivity index (χ0n) is 8.03. The number of imide groups is 1. The monoisotopic (exact) mass is 200 g/mol. The molecule has 6 heteroatoms. The van der Waals surface area contributed by atoms with Crippen LogP contribution in [0.15, 0.2) is 0 Å². The molecule has 1 saturated heterocycles. The minimum absolute atomic E-state index is 0.438. The van der Waals surface area contributed by atoms with Gasteiger partial charge in [0.2, 0.25) is 0 Å². The highest BCUT2D eigenvalue weighted by Gasteiger charge is 2.46. The van der Waals surface area contributed by atoms with Crippen molar-refractivity contribution in [2.75, 3.05) is 6.54 Å². The van der Waals surface area contributed by atoms with Crippen LogP contribution >= 0.6 is 0 Å². The van der Waals surface area contributed by atoms with E-state index in [-0.39, 0.29) is 0 Å². The van der Waals surface area contributed by atoms with Crippen molar-refractivity contribution in [3.05, 3.63) is 0 Å². The second-order valence-electron chi connectivity index (χ2n) is 3.40. The van der Waals surface area contributed by atoms with Crippen LogP contribution < -0.4 is 5.32 Å². The molecular formula is C8H12N2O4. The van der Waals surface area contributed by atoms with Crippen molar-refractivity contribution >= 4 is 17.9 Å². The number of carbonyl (C=O) groups is 3. The van der Waals surface area contributed by atoms with E-state index in [1.54, 1.807) is 13.8 Å². The van der Waals surface area contributed by atoms with Gasteiger partial charge in [0.1, 0.15) is 12.1 Å². The first-order chi connectivity index (χ1) is 6.40. The highest BCUT2D eigenvalue weighted by molar-refractivity contribution is 6.08. The van der Waals surface area contributed by atoms with Gasteiger partial charge in [-0.1, -0.05) is 6.92 Å². The maximum Gasteiger partial charge on any atom is 0.325 e. The van der Waals surface area contributed by atoms with Gasteiger partial charge >= 0.3 is 12.0 Å². The number of hydrogen-bond donors (Lipinski definition) is 2. The van der Waals surface area contributed by atoms with Gasteiger partial charge in [0.05, 0.1) is 0 Å². The molecule has 0 aromatic carbocycles. The number of nitrogens with zero attached hydrogens (tertiary/aromatic N) is 1. The molecular weight excluding hydrogens is 188 g/mol. The van der Waals surface area contributed by atoms with E-state index < -0.39 is 30.0 Å². The number of carboxylic acid groups (broad SMARTS) is 1. The SMILES string of the molecule is CCC1(C)NC(=O)N(CC(=O)O)C1=O. The summed E-state index contributed by atoms with van der Waals surface area (Å²) < 4.78 is 0. The van der Waals surface area contributed by atoms with Crippen molar-refractivity contribution < 1.29 is 19.5 Å². The van der Waals surface area contributed by atoms with Gasteiger partial charge in [-0.25, -0.2) is 4.79 Å². The first kappa shape index (κ1) is 10.5. The summed E-state index contributed by atoms with van der Waals surface area (Å²) in [7, 11) is 0. The van der Waals surface area contributed by atoms with Crippen molar-refractivity contribution in [1.29, 1.82) is 0 Å². The Hall–Kier alpha value is -1.59. The Bertz CT molecular complexity index is 302. The molecule has 0 radical (unpaired) electrons. The fraction of sp³-hybridized carbons (Fsp3) is 0.625. The fourth-order valence-electron chi connectivity index (χ4n) is 1.27. The average Bonchev–Trinajstić information content (AvgIpc) is 2.30. The number of rotatable bonds is 3. The van der Waals surface area contributed by atoms with Crippen molar-refractivity contribution in [2.24, 2.45) is 0 Å². The van der Waals surface area contributed by atoms with Crippen LogP contribution in [-0.2, 0) is 9.59 Å². The van der Waals surface area contributed by atoms with Gasteiger partial charge < -0.3 is 10.4 Å². The van der Waals surface area contributed by atoms with E-state index in [0.717, 1.165) is 0 Å². The van der Waals surface area contributed by atoms with E-state index in [0.29, 0.717) is 11.3 Å². The van der Waals surface area contributed by atoms with E-state index in [4.69, 9.17) is 5.11 Å². The molecule has 1 atom stereocenters. The summed E-state index contributed by atoms with van der Waals surface area (Å²) in [4.78, 5) is 33.9. The second-order valence-corrected chi connectivity index (χ2v) is 3.40. The lowest BCUT2D eigenvalue weighted by atomic mass is 9.99. The molecule has 78 valence electrons. The predicted molar refractivity (Wildman–Crippen MR) is 46.6 cm³/mol. The quantitative estimate of drug-likeness (QED) is 0.617. The van der Waals surface area contributed by atoms with Crippen LogP contribution in [0.4, 0.5) is 4.79 Å². The number of carboxylic acids is 1. The van der Waals surface area contributed by atoms with E-state index in [1.165, 1.54) is 0 Å². The van der Waals surface area contributed by atoms with Crippen LogP contribution in [0, 0.1) is 0 Å². The van der Waals surface area contributed by atoms with E-state index in [9.17, 15) is 14.4 Å². The predicted octanol–water partition coefficient (Wildman–Crippen LogP) is -0.209. The summed E-state index contributed by atoms with van der Waals surface area (Å²) in [6.07, 6.45) is 0.438. The molecule has 6 nitrogen and oxygen atoms in total. The lowest BCUT2D eigenvalue weighted by Gasteiger charge is -2.18. The summed E-state index contributed by atoms with van der Waals surface area (Å²) >= 11 is 0. The summed E-state index contributed by atoms with van der Waals surface area (Å²) in [5, 5.41) is 10.9. The number of carbonyl (C=O) groups excluding carboxylic acids is 2. The summed E-state index contributed by atoms with van der Waals surface area (Å²) in [5.74, 6) is -1.68. The van der Waals surface area contributed by atoms with Gasteiger partial charge in [0.15, 0.2) is 0 Å². The Labute approximate surface area is 80.9 Å². The molecule has 1 fully saturated rings. The standard InChI is InChI=1S/C8H12N2O4/c1-3-8(2)6(13)10(4-5(11)12)7(14)9-8/h3-4H2,1-2H3,(H,9,14)(H,11,12). The highest BCUT2D eigenvalue weighted by Crippen LogP contribution is 2.20. The van der Waals surface area contributed by atoms with Gasteiger partial charge in [0.25, 0.3) is 5.91 Å². The zero-order valence-corrected chi connectivity index (χ0v) is 8.03. The van der Waals surface area contributed by atoms with Crippen molar-refractivity contribution in [3.8, 4) is 0 Å². The van der Waals surface area contributed by atoms with Crippen LogP contribution in [0.5, 0.6) is 0 Å². The molecule has 1 rings (SSSR count). The van der Waals surface area contributed by atoms with Crippen molar-refractivity contribution in [3.63, 3.8) is 0 Å². The topological polar surface area (TPSA) is 86.7 Å². The van der Waals surface area contributed by atoms with Crippen LogP contribution in [0.3, 0.4) is 0 Å². The van der Waals surface area contributed by atoms with Gasteiger partial charge in [-0.3, -0.25) is 14.5 Å². The Kier molecular flexibility index (Phi) is 2.46. The maximum atomic E-state index is 11.6. The number of aliphatic carboxylic acids is 1. The molecule has 0 saturated carbocycles. The largest absolute Gasteiger partial charge is 0.480 e. The third kappa shape index (κ3) is 1.55. The molecule has 1 heterocycles. The van der Waals surface area contributed by atoms with Crippen LogP contribution in [0.1, 0.15) is 20.3 Å². The first-order valence-electron chi connectivity index (χ1n) is 4.26. The molecule has 1 aliphatic heterocycles. The number of hydrogen-bond acceptors (Lipinski definition) is 3. The number of nitrogens with one attached hydrogen (secondary N) is 1. The van der Waals surface area contributed by atoms with Gasteiger partial charge in [-0.2, -0.15) is 0 Å². The van der Waals surface area contributed by atoms with Crippen LogP contribution in [-0.4, -0.2) is 40.0 Å². The smallest absolute Gasteiger partial charge is 0.325 e. The fourth-order valence-corrected chi connectivity index (χ4v) is 1.27. The minimum atomic E-state index is -1.20. The Morgan fingerprint density at radius 2 is 2.14 bits per heavy atom. The molecule has 1 unspecified atom stereocenters. The second kappa shape index (κ2) is 3.28. The average molecular weight is 200 g/mol. The van der Waals surface area contributed by atoms with E-state index in [2.05, 4.69) is 5.32 Å². The Balaban J connectivity index is 2.86. The van der Waals surface area contributed by atoms with Crippen LogP contribution in [0.2, 0.25) is 0 Å². The lowest BCUT2D eigenvalue weighted by Crippen LogP contribution is -2.43. The molecule has 0 bridgehead atoms. The van der Waals surface area contributed by atoms with Crippen molar-refractivity contribution in [1.82, 2.24) is 10.2 Å². The molecule has 2 N–H and O–H groups in total. The van der Waals surface area contributed by atoms with Gasteiger partial charge in [-0.05, 0) is 13.3 Å². The zero-order chi connectivity index (χ0) is 10.9. The summed E-state index contributed by atoms with van der Waals surface area (Å²) in [5.41, 5.74) is -0.952. The molecule has 3 amide bonds. The molecule has 0 aliphatic carbocycles. The number of amides is 3. The maximum absolute atomic E-state index is 11.6. The normalized spacial score (nSPS) is 26.6. The molecule has 0 aromatic heterocycles. The molecule has 0 aromatic rings.